The van der Waals surface area contributed by atoms with Crippen LogP contribution >= 0.6 is 15.9 Å². The molecular weight excluding hydrogens is 311 g/mol. The van der Waals surface area contributed by atoms with Gasteiger partial charge in [0.1, 0.15) is 10.5 Å². The van der Waals surface area contributed by atoms with Crippen molar-refractivity contribution in [2.24, 2.45) is 0 Å². The number of nitrogens with zero attached hydrogens (tertiary/aromatic N) is 3. The molecular formula is C7HBrF3N3O3. The summed E-state index contributed by atoms with van der Waals surface area (Å²) in [5.74, 6) is -1.99. The van der Waals surface area contributed by atoms with Crippen LogP contribution in [0.5, 0.6) is 5.75 Å². The molecule has 0 saturated heterocycles. The fraction of sp³-hybridized carbons (Fsp3) is 0.143. The molecule has 10 heteroatoms. The van der Waals surface area contributed by atoms with E-state index >= 15 is 0 Å². The lowest BCUT2D eigenvalue weighted by Crippen LogP contribution is -2.18. The van der Waals surface area contributed by atoms with Gasteiger partial charge in [-0.1, -0.05) is 0 Å². The molecule has 1 aromatic rings. The highest BCUT2D eigenvalue weighted by Crippen LogP contribution is 2.36. The summed E-state index contributed by atoms with van der Waals surface area (Å²) in [5.41, 5.74) is -0.901. The van der Waals surface area contributed by atoms with Gasteiger partial charge in [-0.25, -0.2) is 0 Å². The molecule has 1 heterocycles. The number of hydrogen-bond acceptors (Lipinski definition) is 5. The summed E-state index contributed by atoms with van der Waals surface area (Å²) in [5, 5.41) is 19.1. The second kappa shape index (κ2) is 4.54. The third kappa shape index (κ3) is 3.04. The van der Waals surface area contributed by atoms with Crippen molar-refractivity contribution in [2.75, 3.05) is 0 Å². The Morgan fingerprint density at radius 3 is 2.59 bits per heavy atom. The van der Waals surface area contributed by atoms with Gasteiger partial charge in [-0.3, -0.25) is 0 Å². The number of pyridine rings is 1. The molecule has 0 unspecified atom stereocenters. The Balaban J connectivity index is 3.42. The number of aromatic nitrogens is 1. The van der Waals surface area contributed by atoms with E-state index in [-0.39, 0.29) is 4.47 Å². The Morgan fingerprint density at radius 2 is 2.18 bits per heavy atom. The molecule has 0 saturated carbocycles. The van der Waals surface area contributed by atoms with E-state index in [2.05, 4.69) is 25.7 Å². The summed E-state index contributed by atoms with van der Waals surface area (Å²) in [4.78, 5) is 12.6. The van der Waals surface area contributed by atoms with Crippen LogP contribution in [0.1, 0.15) is 5.56 Å². The van der Waals surface area contributed by atoms with E-state index in [0.29, 0.717) is 0 Å². The van der Waals surface area contributed by atoms with Gasteiger partial charge in [0, 0.05) is 0 Å². The zero-order chi connectivity index (χ0) is 13.2. The summed E-state index contributed by atoms with van der Waals surface area (Å²) in [7, 11) is 0. The van der Waals surface area contributed by atoms with E-state index in [4.69, 9.17) is 5.26 Å². The van der Waals surface area contributed by atoms with Gasteiger partial charge in [0.15, 0.2) is 17.5 Å². The van der Waals surface area contributed by atoms with Crippen molar-refractivity contribution in [3.05, 3.63) is 26.3 Å². The molecule has 0 radical (unpaired) electrons. The van der Waals surface area contributed by atoms with E-state index in [1.807, 2.05) is 0 Å². The second-order valence-electron chi connectivity index (χ2n) is 2.55. The number of rotatable bonds is 2. The first kappa shape index (κ1) is 13.2. The van der Waals surface area contributed by atoms with E-state index < -0.39 is 28.4 Å². The minimum Gasteiger partial charge on any atom is -0.403 e. The van der Waals surface area contributed by atoms with Crippen molar-refractivity contribution in [1.29, 1.82) is 5.26 Å². The first-order valence-electron chi connectivity index (χ1n) is 3.75. The van der Waals surface area contributed by atoms with Crippen molar-refractivity contribution in [2.45, 2.75) is 6.36 Å². The Kier molecular flexibility index (Phi) is 3.52. The summed E-state index contributed by atoms with van der Waals surface area (Å²) >= 11 is 2.66. The van der Waals surface area contributed by atoms with Crippen molar-refractivity contribution in [1.82, 2.24) is 4.98 Å². The fourth-order valence-electron chi connectivity index (χ4n) is 0.917. The second-order valence-corrected chi connectivity index (χ2v) is 3.40. The normalized spacial score (nSPS) is 10.8. The molecule has 0 bridgehead atoms. The van der Waals surface area contributed by atoms with Gasteiger partial charge in [-0.2, -0.15) is 5.26 Å². The monoisotopic (exact) mass is 311 g/mol. The van der Waals surface area contributed by atoms with Crippen molar-refractivity contribution in [3.63, 3.8) is 0 Å². The third-order valence-electron chi connectivity index (χ3n) is 1.47. The van der Waals surface area contributed by atoms with Gasteiger partial charge in [0.2, 0.25) is 0 Å². The molecule has 0 amide bonds. The standard InChI is InChI=1S/C7HBrF3N3O3/c8-4-2-13-6(14(15)16)3(1-12)5(4)17-7(9,10)11/h2H. The Hall–Kier alpha value is -1.89. The number of nitriles is 1. The molecule has 0 fully saturated rings. The molecule has 1 aromatic heterocycles. The van der Waals surface area contributed by atoms with E-state index in [1.54, 1.807) is 0 Å². The molecule has 0 aliphatic heterocycles. The minimum absolute atomic E-state index is 0.308. The van der Waals surface area contributed by atoms with Gasteiger partial charge < -0.3 is 14.9 Å². The Labute approximate surface area is 99.9 Å². The molecule has 17 heavy (non-hydrogen) atoms. The van der Waals surface area contributed by atoms with Crippen LogP contribution in [-0.4, -0.2) is 16.3 Å². The molecule has 0 spiro atoms. The van der Waals surface area contributed by atoms with Crippen LogP contribution < -0.4 is 4.74 Å². The largest absolute Gasteiger partial charge is 0.573 e. The molecule has 0 aliphatic rings. The van der Waals surface area contributed by atoms with Crippen LogP contribution in [0.4, 0.5) is 19.0 Å². The van der Waals surface area contributed by atoms with Gasteiger partial charge >= 0.3 is 12.2 Å². The van der Waals surface area contributed by atoms with Crippen molar-refractivity contribution >= 4 is 21.7 Å². The van der Waals surface area contributed by atoms with Crippen LogP contribution in [0, 0.1) is 21.4 Å². The smallest absolute Gasteiger partial charge is 0.403 e. The molecule has 0 aliphatic carbocycles. The average Bonchev–Trinajstić information content (AvgIpc) is 2.18. The molecule has 1 rings (SSSR count). The van der Waals surface area contributed by atoms with Crippen LogP contribution in [0.3, 0.4) is 0 Å². The van der Waals surface area contributed by atoms with Crippen LogP contribution in [-0.2, 0) is 0 Å². The first-order chi connectivity index (χ1) is 7.76. The van der Waals surface area contributed by atoms with Crippen molar-refractivity contribution < 1.29 is 22.8 Å². The molecule has 0 aromatic carbocycles. The van der Waals surface area contributed by atoms with Crippen LogP contribution in [0.25, 0.3) is 0 Å². The highest BCUT2D eigenvalue weighted by atomic mass is 79.9. The van der Waals surface area contributed by atoms with Gasteiger partial charge in [-0.15, -0.1) is 13.2 Å². The number of alkyl halides is 3. The van der Waals surface area contributed by atoms with Gasteiger partial charge in [-0.05, 0) is 25.8 Å². The average molecular weight is 312 g/mol. The Bertz CT molecular complexity index is 512. The summed E-state index contributed by atoms with van der Waals surface area (Å²) in [6.45, 7) is 0. The number of halogens is 4. The SMILES string of the molecule is N#Cc1c([N+](=O)[O-])ncc(Br)c1OC(F)(F)F. The first-order valence-corrected chi connectivity index (χ1v) is 4.54. The molecule has 90 valence electrons. The van der Waals surface area contributed by atoms with E-state index in [9.17, 15) is 23.3 Å². The zero-order valence-electron chi connectivity index (χ0n) is 7.66. The van der Waals surface area contributed by atoms with E-state index in [1.165, 1.54) is 6.07 Å². The zero-order valence-corrected chi connectivity index (χ0v) is 9.24. The number of hydrogen-bond donors (Lipinski definition) is 0. The highest BCUT2D eigenvalue weighted by Gasteiger charge is 2.36. The van der Waals surface area contributed by atoms with Crippen LogP contribution in [0.2, 0.25) is 0 Å². The summed E-state index contributed by atoms with van der Waals surface area (Å²) in [6.07, 6.45) is -4.32. The number of nitro groups is 1. The third-order valence-corrected chi connectivity index (χ3v) is 2.04. The predicted octanol–water partition coefficient (Wildman–Crippen LogP) is 2.52. The minimum atomic E-state index is -5.07. The Morgan fingerprint density at radius 1 is 1.59 bits per heavy atom. The quantitative estimate of drug-likeness (QED) is 0.618. The summed E-state index contributed by atoms with van der Waals surface area (Å²) in [6, 6.07) is 1.25. The lowest BCUT2D eigenvalue weighted by atomic mass is 10.2. The topological polar surface area (TPSA) is 89.0 Å². The highest BCUT2D eigenvalue weighted by molar-refractivity contribution is 9.10. The predicted molar refractivity (Wildman–Crippen MR) is 50.0 cm³/mol. The fourth-order valence-corrected chi connectivity index (χ4v) is 1.30. The molecule has 0 atom stereocenters. The van der Waals surface area contributed by atoms with Gasteiger partial charge in [0.25, 0.3) is 0 Å². The molecule has 6 nitrogen and oxygen atoms in total. The van der Waals surface area contributed by atoms with E-state index in [0.717, 1.165) is 6.20 Å². The van der Waals surface area contributed by atoms with Crippen molar-refractivity contribution in [3.8, 4) is 11.8 Å². The van der Waals surface area contributed by atoms with Gasteiger partial charge in [0.05, 0.1) is 0 Å². The summed E-state index contributed by atoms with van der Waals surface area (Å²) < 4.78 is 39.3. The lowest BCUT2D eigenvalue weighted by Gasteiger charge is -2.10. The van der Waals surface area contributed by atoms with Crippen LogP contribution in [0.15, 0.2) is 10.7 Å². The molecule has 0 N–H and O–H groups in total. The lowest BCUT2D eigenvalue weighted by molar-refractivity contribution is -0.390. The number of ether oxygens (including phenoxy) is 1. The maximum atomic E-state index is 12.0. The maximum Gasteiger partial charge on any atom is 0.573 e. The maximum absolute atomic E-state index is 12.0.